The maximum atomic E-state index is 12.0. The van der Waals surface area contributed by atoms with Crippen LogP contribution in [0, 0.1) is 19.3 Å². The van der Waals surface area contributed by atoms with E-state index in [4.69, 9.17) is 14.9 Å². The van der Waals surface area contributed by atoms with E-state index in [0.717, 1.165) is 28.7 Å². The molecule has 1 aromatic heterocycles. The Morgan fingerprint density at radius 2 is 2.04 bits per heavy atom. The number of carboxylic acids is 1. The maximum Gasteiger partial charge on any atom is 0.314 e. The van der Waals surface area contributed by atoms with Gasteiger partial charge in [-0.1, -0.05) is 25.0 Å². The average Bonchev–Trinajstić information content (AvgIpc) is 2.64. The number of pyridine rings is 1. The molecular formula is C21H28N2O5. The highest BCUT2D eigenvalue weighted by atomic mass is 16.4. The topological polar surface area (TPSA) is 111 Å². The predicted octanol–water partition coefficient (Wildman–Crippen LogP) is 2.99. The lowest BCUT2D eigenvalue weighted by Gasteiger charge is -2.44. The lowest BCUT2D eigenvalue weighted by molar-refractivity contribution is -0.158. The second-order valence-electron chi connectivity index (χ2n) is 7.36. The Morgan fingerprint density at radius 1 is 1.36 bits per heavy atom. The molecule has 0 radical (unpaired) electrons. The van der Waals surface area contributed by atoms with Gasteiger partial charge in [0.1, 0.15) is 11.2 Å². The molecule has 0 spiro atoms. The van der Waals surface area contributed by atoms with E-state index in [1.54, 1.807) is 0 Å². The molecule has 0 amide bonds. The van der Waals surface area contributed by atoms with E-state index in [0.29, 0.717) is 25.9 Å². The Hall–Kier alpha value is -2.67. The van der Waals surface area contributed by atoms with Gasteiger partial charge >= 0.3 is 5.97 Å². The van der Waals surface area contributed by atoms with Crippen molar-refractivity contribution in [2.24, 2.45) is 5.41 Å². The van der Waals surface area contributed by atoms with Crippen LogP contribution < -0.4 is 4.90 Å². The molecule has 0 saturated carbocycles. The molecule has 28 heavy (non-hydrogen) atoms. The number of benzene rings is 1. The fraction of sp³-hybridized carbons (Fsp3) is 0.476. The van der Waals surface area contributed by atoms with Gasteiger partial charge in [0.15, 0.2) is 0 Å². The Kier molecular flexibility index (Phi) is 6.96. The zero-order chi connectivity index (χ0) is 20.9. The first-order chi connectivity index (χ1) is 13.3. The van der Waals surface area contributed by atoms with Gasteiger partial charge in [0.25, 0.3) is 6.47 Å². The summed E-state index contributed by atoms with van der Waals surface area (Å²) in [4.78, 5) is 27.1. The molecule has 152 valence electrons. The third kappa shape index (κ3) is 4.25. The number of nitrogens with zero attached hydrogens (tertiary/aromatic N) is 2. The molecule has 2 aromatic rings. The molecule has 0 unspecified atom stereocenters. The van der Waals surface area contributed by atoms with E-state index in [9.17, 15) is 15.0 Å². The monoisotopic (exact) mass is 388 g/mol. The Morgan fingerprint density at radius 3 is 2.64 bits per heavy atom. The molecular weight excluding hydrogens is 360 g/mol. The molecule has 2 heterocycles. The van der Waals surface area contributed by atoms with Crippen LogP contribution in [0.4, 0.5) is 5.82 Å². The van der Waals surface area contributed by atoms with Crippen molar-refractivity contribution >= 4 is 29.2 Å². The van der Waals surface area contributed by atoms with Crippen LogP contribution in [0.25, 0.3) is 10.9 Å². The number of carboxylic acid groups (broad SMARTS) is 2. The lowest BCUT2D eigenvalue weighted by Crippen LogP contribution is -2.56. The molecule has 3 rings (SSSR count). The summed E-state index contributed by atoms with van der Waals surface area (Å²) in [6.07, 6.45) is 0.816. The number of aliphatic carboxylic acids is 1. The van der Waals surface area contributed by atoms with Crippen molar-refractivity contribution in [3.05, 3.63) is 35.4 Å². The highest BCUT2D eigenvalue weighted by molar-refractivity contribution is 5.85. The molecule has 1 aliphatic heterocycles. The number of hydrogen-bond acceptors (Lipinski definition) is 5. The number of aromatic nitrogens is 1. The molecule has 2 atom stereocenters. The van der Waals surface area contributed by atoms with Gasteiger partial charge in [-0.15, -0.1) is 0 Å². The van der Waals surface area contributed by atoms with Crippen molar-refractivity contribution in [1.82, 2.24) is 4.98 Å². The van der Waals surface area contributed by atoms with E-state index >= 15 is 0 Å². The SMILES string of the molecule is CCC[C@]1(C(=O)O)CN(c2cc(C)c3cc(C)ccc3n2)CC[C@H]1O.O=CO. The second-order valence-corrected chi connectivity index (χ2v) is 7.36. The van der Waals surface area contributed by atoms with Gasteiger partial charge in [0, 0.05) is 18.5 Å². The Balaban J connectivity index is 0.000000878. The fourth-order valence-electron chi connectivity index (χ4n) is 3.94. The quantitative estimate of drug-likeness (QED) is 0.691. The summed E-state index contributed by atoms with van der Waals surface area (Å²) in [5.41, 5.74) is 2.12. The Bertz CT molecular complexity index is 854. The van der Waals surface area contributed by atoms with Gasteiger partial charge < -0.3 is 20.2 Å². The van der Waals surface area contributed by atoms with Crippen LogP contribution in [-0.4, -0.2) is 51.9 Å². The second kappa shape index (κ2) is 9.01. The first kappa shape index (κ1) is 21.6. The minimum atomic E-state index is -1.12. The number of aliphatic hydroxyl groups excluding tert-OH is 1. The number of anilines is 1. The first-order valence-corrected chi connectivity index (χ1v) is 9.41. The van der Waals surface area contributed by atoms with Gasteiger partial charge in [-0.05, 0) is 50.5 Å². The summed E-state index contributed by atoms with van der Waals surface area (Å²) < 4.78 is 0. The number of piperidine rings is 1. The number of aryl methyl sites for hydroxylation is 2. The average molecular weight is 388 g/mol. The van der Waals surface area contributed by atoms with Crippen LogP contribution in [-0.2, 0) is 9.59 Å². The molecule has 1 aromatic carbocycles. The summed E-state index contributed by atoms with van der Waals surface area (Å²) in [5.74, 6) is -0.123. The highest BCUT2D eigenvalue weighted by Gasteiger charge is 2.48. The molecule has 0 aliphatic carbocycles. The van der Waals surface area contributed by atoms with Crippen molar-refractivity contribution in [2.45, 2.75) is 46.1 Å². The smallest absolute Gasteiger partial charge is 0.314 e. The van der Waals surface area contributed by atoms with Gasteiger partial charge in [-0.2, -0.15) is 0 Å². The predicted molar refractivity (Wildman–Crippen MR) is 108 cm³/mol. The molecule has 1 aliphatic rings. The van der Waals surface area contributed by atoms with Gasteiger partial charge in [-0.3, -0.25) is 9.59 Å². The van der Waals surface area contributed by atoms with Crippen molar-refractivity contribution in [3.63, 3.8) is 0 Å². The molecule has 1 fully saturated rings. The Labute approximate surface area is 164 Å². The molecule has 3 N–H and O–H groups in total. The minimum absolute atomic E-state index is 0.250. The van der Waals surface area contributed by atoms with Gasteiger partial charge in [0.05, 0.1) is 11.6 Å². The van der Waals surface area contributed by atoms with Crippen LogP contribution in [0.15, 0.2) is 24.3 Å². The third-order valence-electron chi connectivity index (χ3n) is 5.39. The van der Waals surface area contributed by atoms with Crippen molar-refractivity contribution in [2.75, 3.05) is 18.0 Å². The molecule has 7 nitrogen and oxygen atoms in total. The molecule has 0 bridgehead atoms. The van der Waals surface area contributed by atoms with Gasteiger partial charge in [-0.25, -0.2) is 4.98 Å². The standard InChI is InChI=1S/C20H26N2O3.CH2O2/c1-4-8-20(19(24)25)12-22(9-7-17(20)23)18-11-14(3)15-10-13(2)5-6-16(15)21-18;2-1-3/h5-6,10-11,17,23H,4,7-9,12H2,1-3H3,(H,24,25);1H,(H,2,3)/t17-,20+;/m1./s1. The first-order valence-electron chi connectivity index (χ1n) is 9.41. The van der Waals surface area contributed by atoms with Gasteiger partial charge in [0.2, 0.25) is 0 Å². The summed E-state index contributed by atoms with van der Waals surface area (Å²) >= 11 is 0. The van der Waals surface area contributed by atoms with E-state index in [1.165, 1.54) is 5.56 Å². The maximum absolute atomic E-state index is 12.0. The van der Waals surface area contributed by atoms with Crippen LogP contribution in [0.5, 0.6) is 0 Å². The number of hydrogen-bond donors (Lipinski definition) is 3. The number of fused-ring (bicyclic) bond motifs is 1. The molecule has 7 heteroatoms. The van der Waals surface area contributed by atoms with Crippen LogP contribution in [0.1, 0.15) is 37.3 Å². The summed E-state index contributed by atoms with van der Waals surface area (Å²) in [6.45, 7) is 6.73. The number of aliphatic hydroxyl groups is 1. The zero-order valence-electron chi connectivity index (χ0n) is 16.6. The van der Waals surface area contributed by atoms with E-state index < -0.39 is 17.5 Å². The van der Waals surface area contributed by atoms with E-state index in [-0.39, 0.29) is 6.47 Å². The highest BCUT2D eigenvalue weighted by Crippen LogP contribution is 2.37. The number of rotatable bonds is 4. The summed E-state index contributed by atoms with van der Waals surface area (Å²) in [7, 11) is 0. The normalized spacial score (nSPS) is 21.7. The zero-order valence-corrected chi connectivity index (χ0v) is 16.6. The fourth-order valence-corrected chi connectivity index (χ4v) is 3.94. The van der Waals surface area contributed by atoms with E-state index in [1.807, 2.05) is 30.0 Å². The third-order valence-corrected chi connectivity index (χ3v) is 5.39. The van der Waals surface area contributed by atoms with Crippen molar-refractivity contribution < 1.29 is 24.9 Å². The van der Waals surface area contributed by atoms with Crippen LogP contribution >= 0.6 is 0 Å². The van der Waals surface area contributed by atoms with Crippen molar-refractivity contribution in [3.8, 4) is 0 Å². The van der Waals surface area contributed by atoms with Crippen LogP contribution in [0.2, 0.25) is 0 Å². The minimum Gasteiger partial charge on any atom is -0.483 e. The lowest BCUT2D eigenvalue weighted by atomic mass is 9.74. The van der Waals surface area contributed by atoms with Crippen molar-refractivity contribution in [1.29, 1.82) is 0 Å². The molecule has 1 saturated heterocycles. The van der Waals surface area contributed by atoms with Crippen LogP contribution in [0.3, 0.4) is 0 Å². The van der Waals surface area contributed by atoms with E-state index in [2.05, 4.69) is 19.9 Å². The summed E-state index contributed by atoms with van der Waals surface area (Å²) in [5, 5.41) is 28.2. The largest absolute Gasteiger partial charge is 0.483 e. The summed E-state index contributed by atoms with van der Waals surface area (Å²) in [6, 6.07) is 8.20. The number of carbonyl (C=O) groups is 2.